The van der Waals surface area contributed by atoms with Crippen molar-refractivity contribution in [1.82, 2.24) is 5.32 Å². The topological polar surface area (TPSA) is 66.5 Å². The van der Waals surface area contributed by atoms with Gasteiger partial charge in [0.05, 0.1) is 5.69 Å². The van der Waals surface area contributed by atoms with Crippen LogP contribution in [0.25, 0.3) is 0 Å². The van der Waals surface area contributed by atoms with Crippen LogP contribution in [0.1, 0.15) is 0 Å². The molecule has 0 bridgehead atoms. The summed E-state index contributed by atoms with van der Waals surface area (Å²) in [6.07, 6.45) is 0. The molecule has 1 aliphatic rings. The summed E-state index contributed by atoms with van der Waals surface area (Å²) in [5.41, 5.74) is 0.499. The molecule has 0 unspecified atom stereocenters. The maximum atomic E-state index is 11.4. The van der Waals surface area contributed by atoms with Gasteiger partial charge in [-0.2, -0.15) is 0 Å². The molecular weight excluding hydrogens is 216 g/mol. The van der Waals surface area contributed by atoms with E-state index in [4.69, 9.17) is 0 Å². The second-order valence-corrected chi connectivity index (χ2v) is 3.37. The Bertz CT molecular complexity index is 479. The van der Waals surface area contributed by atoms with E-state index in [-0.39, 0.29) is 16.2 Å². The Morgan fingerprint density at radius 3 is 2.40 bits per heavy atom. The van der Waals surface area contributed by atoms with Crippen molar-refractivity contribution in [3.8, 4) is 0 Å². The van der Waals surface area contributed by atoms with Crippen LogP contribution in [0.5, 0.6) is 0 Å². The Morgan fingerprint density at radius 1 is 1.13 bits per heavy atom. The quantitative estimate of drug-likeness (QED) is 0.540. The minimum absolute atomic E-state index is 0.00692. The second-order valence-electron chi connectivity index (χ2n) is 2.82. The van der Waals surface area contributed by atoms with Gasteiger partial charge in [-0.1, -0.05) is 18.2 Å². The van der Waals surface area contributed by atoms with Gasteiger partial charge in [0.25, 0.3) is 5.91 Å². The van der Waals surface area contributed by atoms with Gasteiger partial charge in [0.1, 0.15) is 11.3 Å². The number of urea groups is 1. The smallest absolute Gasteiger partial charge is 0.271 e. The SMILES string of the molecule is O=S=C1C(=O)NC(=O)N1c1ccccc1. The average Bonchev–Trinajstić information content (AvgIpc) is 2.54. The number of rotatable bonds is 1. The maximum absolute atomic E-state index is 11.4. The van der Waals surface area contributed by atoms with E-state index in [0.717, 1.165) is 4.90 Å². The van der Waals surface area contributed by atoms with Crippen molar-refractivity contribution in [2.24, 2.45) is 0 Å². The van der Waals surface area contributed by atoms with Crippen molar-refractivity contribution in [2.75, 3.05) is 4.90 Å². The number of carbonyl (C=O) groups excluding carboxylic acids is 2. The molecule has 2 rings (SSSR count). The number of nitrogens with one attached hydrogen (secondary N) is 1. The van der Waals surface area contributed by atoms with E-state index >= 15 is 0 Å². The maximum Gasteiger partial charge on any atom is 0.334 e. The zero-order valence-electron chi connectivity index (χ0n) is 7.47. The molecule has 0 aliphatic carbocycles. The molecule has 3 amide bonds. The normalized spacial score (nSPS) is 15.5. The number of hydrogen-bond donors (Lipinski definition) is 1. The lowest BCUT2D eigenvalue weighted by Gasteiger charge is -2.11. The highest BCUT2D eigenvalue weighted by Crippen LogP contribution is 2.16. The van der Waals surface area contributed by atoms with Crippen LogP contribution < -0.4 is 10.2 Å². The van der Waals surface area contributed by atoms with Crippen LogP contribution in [-0.2, 0) is 16.1 Å². The molecule has 5 nitrogen and oxygen atoms in total. The summed E-state index contributed by atoms with van der Waals surface area (Å²) in [5, 5.41) is 2.06. The van der Waals surface area contributed by atoms with Gasteiger partial charge in [0.2, 0.25) is 4.99 Å². The van der Waals surface area contributed by atoms with Crippen LogP contribution in [0.15, 0.2) is 30.3 Å². The van der Waals surface area contributed by atoms with Gasteiger partial charge in [-0.3, -0.25) is 10.1 Å². The predicted molar refractivity (Wildman–Crippen MR) is 55.6 cm³/mol. The molecule has 0 radical (unpaired) electrons. The van der Waals surface area contributed by atoms with Gasteiger partial charge in [-0.05, 0) is 12.1 Å². The van der Waals surface area contributed by atoms with E-state index in [9.17, 15) is 13.8 Å². The fourth-order valence-corrected chi connectivity index (χ4v) is 1.68. The molecular formula is C9H6N2O3S. The molecule has 0 aromatic heterocycles. The Hall–Kier alpha value is -1.95. The molecule has 1 heterocycles. The van der Waals surface area contributed by atoms with Gasteiger partial charge >= 0.3 is 6.03 Å². The van der Waals surface area contributed by atoms with Gasteiger partial charge < -0.3 is 0 Å². The molecule has 76 valence electrons. The van der Waals surface area contributed by atoms with Crippen molar-refractivity contribution in [1.29, 1.82) is 0 Å². The van der Waals surface area contributed by atoms with E-state index in [1.54, 1.807) is 30.3 Å². The molecule has 1 saturated heterocycles. The minimum Gasteiger partial charge on any atom is -0.271 e. The van der Waals surface area contributed by atoms with Crippen LogP contribution in [0.4, 0.5) is 10.5 Å². The lowest BCUT2D eigenvalue weighted by molar-refractivity contribution is -0.113. The Kier molecular flexibility index (Phi) is 2.34. The molecule has 6 heteroatoms. The van der Waals surface area contributed by atoms with Crippen LogP contribution in [-0.4, -0.2) is 21.1 Å². The fraction of sp³-hybridized carbons (Fsp3) is 0. The van der Waals surface area contributed by atoms with Crippen molar-refractivity contribution >= 4 is 33.9 Å². The van der Waals surface area contributed by atoms with Crippen LogP contribution >= 0.6 is 0 Å². The van der Waals surface area contributed by atoms with Crippen LogP contribution in [0, 0.1) is 0 Å². The monoisotopic (exact) mass is 222 g/mol. The molecule has 1 aliphatic heterocycles. The highest BCUT2D eigenvalue weighted by molar-refractivity contribution is 7.69. The average molecular weight is 222 g/mol. The lowest BCUT2D eigenvalue weighted by Crippen LogP contribution is -2.30. The summed E-state index contributed by atoms with van der Waals surface area (Å²) in [6, 6.07) is 7.92. The number of carbonyl (C=O) groups is 2. The molecule has 1 aromatic rings. The van der Waals surface area contributed by atoms with E-state index < -0.39 is 11.9 Å². The van der Waals surface area contributed by atoms with Gasteiger partial charge in [-0.15, -0.1) is 0 Å². The molecule has 1 aromatic carbocycles. The van der Waals surface area contributed by atoms with E-state index in [2.05, 4.69) is 5.32 Å². The first-order valence-electron chi connectivity index (χ1n) is 4.11. The minimum atomic E-state index is -0.649. The molecule has 0 saturated carbocycles. The summed E-state index contributed by atoms with van der Waals surface area (Å²) in [7, 11) is 0. The number of imide groups is 1. The largest absolute Gasteiger partial charge is 0.334 e. The Labute approximate surface area is 88.8 Å². The molecule has 1 N–H and O–H groups in total. The number of hydrogen-bond acceptors (Lipinski definition) is 3. The van der Waals surface area contributed by atoms with Gasteiger partial charge in [-0.25, -0.2) is 13.9 Å². The Balaban J connectivity index is 2.49. The summed E-state index contributed by atoms with van der Waals surface area (Å²) < 4.78 is 10.7. The number of amides is 3. The lowest BCUT2D eigenvalue weighted by atomic mass is 10.3. The number of para-hydroxylation sites is 1. The first kappa shape index (κ1) is 9.60. The van der Waals surface area contributed by atoms with Gasteiger partial charge in [0, 0.05) is 0 Å². The highest BCUT2D eigenvalue weighted by Gasteiger charge is 2.35. The van der Waals surface area contributed by atoms with Crippen molar-refractivity contribution in [3.05, 3.63) is 30.3 Å². The molecule has 1 fully saturated rings. The standard InChI is InChI=1S/C9H6N2O3S/c12-7-8(15-14)11(9(13)10-7)6-4-2-1-3-5-6/h1-5H,(H,10,12,13). The third-order valence-electron chi connectivity index (χ3n) is 1.91. The van der Waals surface area contributed by atoms with Crippen LogP contribution in [0.3, 0.4) is 0 Å². The van der Waals surface area contributed by atoms with E-state index in [1.807, 2.05) is 0 Å². The summed E-state index contributed by atoms with van der Waals surface area (Å²) in [6.45, 7) is 0. The molecule has 0 atom stereocenters. The van der Waals surface area contributed by atoms with Crippen molar-refractivity contribution in [2.45, 2.75) is 0 Å². The highest BCUT2D eigenvalue weighted by atomic mass is 32.1. The number of anilines is 1. The molecule has 15 heavy (non-hydrogen) atoms. The third kappa shape index (κ3) is 1.55. The van der Waals surface area contributed by atoms with Crippen molar-refractivity contribution < 1.29 is 13.8 Å². The third-order valence-corrected chi connectivity index (χ3v) is 2.44. The predicted octanol–water partition coefficient (Wildman–Crippen LogP) is 0.0857. The Morgan fingerprint density at radius 2 is 1.80 bits per heavy atom. The van der Waals surface area contributed by atoms with E-state index in [1.165, 1.54) is 0 Å². The van der Waals surface area contributed by atoms with Gasteiger partial charge in [0.15, 0.2) is 0 Å². The first-order chi connectivity index (χ1) is 7.24. The van der Waals surface area contributed by atoms with E-state index in [0.29, 0.717) is 5.69 Å². The van der Waals surface area contributed by atoms with Crippen LogP contribution in [0.2, 0.25) is 0 Å². The first-order valence-corrected chi connectivity index (χ1v) is 4.85. The molecule has 0 spiro atoms. The number of benzene rings is 1. The summed E-state index contributed by atoms with van der Waals surface area (Å²) >= 11 is 0.00692. The zero-order chi connectivity index (χ0) is 10.8. The zero-order valence-corrected chi connectivity index (χ0v) is 8.28. The number of nitrogens with zero attached hydrogens (tertiary/aromatic N) is 1. The second kappa shape index (κ2) is 3.66. The summed E-state index contributed by atoms with van der Waals surface area (Å²) in [4.78, 5) is 23.5. The summed E-state index contributed by atoms with van der Waals surface area (Å²) in [5.74, 6) is -0.649. The van der Waals surface area contributed by atoms with Crippen molar-refractivity contribution in [3.63, 3.8) is 0 Å². The fourth-order valence-electron chi connectivity index (χ4n) is 1.29.